The second-order valence-electron chi connectivity index (χ2n) is 9.62. The van der Waals surface area contributed by atoms with Crippen molar-refractivity contribution in [3.63, 3.8) is 0 Å². The van der Waals surface area contributed by atoms with Crippen molar-refractivity contribution in [1.82, 2.24) is 19.4 Å². The Bertz CT molecular complexity index is 1330. The molecule has 1 fully saturated rings. The molecule has 1 saturated heterocycles. The number of fused-ring (bicyclic) bond motifs is 3. The lowest BCUT2D eigenvalue weighted by molar-refractivity contribution is 0.161. The van der Waals surface area contributed by atoms with Crippen LogP contribution >= 0.6 is 0 Å². The summed E-state index contributed by atoms with van der Waals surface area (Å²) in [4.78, 5) is 16.5. The molecule has 0 amide bonds. The predicted molar refractivity (Wildman–Crippen MR) is 136 cm³/mol. The van der Waals surface area contributed by atoms with Gasteiger partial charge in [-0.05, 0) is 56.7 Å². The molecule has 4 aromatic rings. The number of imidazole rings is 1. The number of rotatable bonds is 4. The van der Waals surface area contributed by atoms with Gasteiger partial charge in [-0.2, -0.15) is 0 Å². The molecule has 3 aromatic heterocycles. The van der Waals surface area contributed by atoms with Crippen LogP contribution in [0.4, 0.5) is 5.95 Å². The molecule has 4 heterocycles. The summed E-state index contributed by atoms with van der Waals surface area (Å²) in [6.07, 6.45) is 11.5. The highest BCUT2D eigenvalue weighted by molar-refractivity contribution is 5.64. The number of para-hydroxylation sites is 1. The molecule has 0 spiro atoms. The molecule has 1 aliphatic heterocycles. The first kappa shape index (κ1) is 22.0. The molecule has 2 aliphatic rings. The van der Waals surface area contributed by atoms with Crippen LogP contribution < -0.4 is 9.64 Å². The van der Waals surface area contributed by atoms with Crippen molar-refractivity contribution in [2.75, 3.05) is 25.1 Å². The quantitative estimate of drug-likeness (QED) is 0.470. The van der Waals surface area contributed by atoms with Crippen LogP contribution in [0.2, 0.25) is 0 Å². The number of hydrogen-bond donors (Lipinski definition) is 1. The Morgan fingerprint density at radius 3 is 2.66 bits per heavy atom. The van der Waals surface area contributed by atoms with Crippen LogP contribution in [0.5, 0.6) is 5.75 Å². The van der Waals surface area contributed by atoms with E-state index in [0.717, 1.165) is 80.1 Å². The van der Waals surface area contributed by atoms with Crippen LogP contribution in [0.3, 0.4) is 0 Å². The largest absolute Gasteiger partial charge is 0.496 e. The second kappa shape index (κ2) is 9.30. The van der Waals surface area contributed by atoms with E-state index in [-0.39, 0.29) is 12.0 Å². The number of anilines is 1. The zero-order chi connectivity index (χ0) is 23.8. The Morgan fingerprint density at radius 2 is 1.80 bits per heavy atom. The maximum Gasteiger partial charge on any atom is 0.225 e. The monoisotopic (exact) mass is 469 g/mol. The third-order valence-electron chi connectivity index (χ3n) is 7.43. The van der Waals surface area contributed by atoms with Gasteiger partial charge in [-0.25, -0.2) is 15.0 Å². The molecule has 7 nitrogen and oxygen atoms in total. The molecule has 35 heavy (non-hydrogen) atoms. The van der Waals surface area contributed by atoms with Crippen LogP contribution in [-0.4, -0.2) is 50.8 Å². The molecule has 2 unspecified atom stereocenters. The van der Waals surface area contributed by atoms with Crippen LogP contribution in [0.15, 0.2) is 55.0 Å². The number of aliphatic hydroxyl groups excluding tert-OH is 1. The topological polar surface area (TPSA) is 75.8 Å². The normalized spacial score (nSPS) is 20.5. The van der Waals surface area contributed by atoms with Gasteiger partial charge in [-0.15, -0.1) is 0 Å². The molecular weight excluding hydrogens is 438 g/mol. The first-order chi connectivity index (χ1) is 17.2. The van der Waals surface area contributed by atoms with Crippen molar-refractivity contribution >= 4 is 11.6 Å². The van der Waals surface area contributed by atoms with Crippen LogP contribution in [0.25, 0.3) is 16.8 Å². The van der Waals surface area contributed by atoms with Crippen molar-refractivity contribution in [3.8, 4) is 16.9 Å². The average molecular weight is 470 g/mol. The molecule has 180 valence electrons. The summed E-state index contributed by atoms with van der Waals surface area (Å²) in [6, 6.07) is 12.5. The Labute approximate surface area is 205 Å². The van der Waals surface area contributed by atoms with Crippen molar-refractivity contribution in [1.29, 1.82) is 0 Å². The Hall–Kier alpha value is -3.45. The highest BCUT2D eigenvalue weighted by Gasteiger charge is 2.29. The van der Waals surface area contributed by atoms with Gasteiger partial charge in [0, 0.05) is 54.3 Å². The first-order valence-electron chi connectivity index (χ1n) is 12.6. The minimum Gasteiger partial charge on any atom is -0.496 e. The van der Waals surface area contributed by atoms with E-state index in [1.807, 2.05) is 24.5 Å². The third kappa shape index (κ3) is 4.14. The fourth-order valence-electron chi connectivity index (χ4n) is 5.62. The summed E-state index contributed by atoms with van der Waals surface area (Å²) in [5, 5.41) is 9.94. The number of hydrogen-bond acceptors (Lipinski definition) is 6. The summed E-state index contributed by atoms with van der Waals surface area (Å²) in [5.41, 5.74) is 6.69. The summed E-state index contributed by atoms with van der Waals surface area (Å²) < 4.78 is 7.96. The number of ether oxygens (including phenoxy) is 1. The fourth-order valence-corrected chi connectivity index (χ4v) is 5.62. The second-order valence-corrected chi connectivity index (χ2v) is 9.62. The summed E-state index contributed by atoms with van der Waals surface area (Å²) >= 11 is 0. The summed E-state index contributed by atoms with van der Waals surface area (Å²) in [5.74, 6) is 1.92. The maximum absolute atomic E-state index is 9.94. The van der Waals surface area contributed by atoms with Gasteiger partial charge in [0.05, 0.1) is 24.6 Å². The Balaban J connectivity index is 1.35. The number of aliphatic hydroxyl groups is 1. The van der Waals surface area contributed by atoms with Gasteiger partial charge in [-0.3, -0.25) is 0 Å². The van der Waals surface area contributed by atoms with Gasteiger partial charge in [0.15, 0.2) is 0 Å². The van der Waals surface area contributed by atoms with E-state index in [2.05, 4.69) is 49.7 Å². The number of aromatic nitrogens is 4. The number of benzene rings is 1. The molecule has 0 radical (unpaired) electrons. The maximum atomic E-state index is 9.94. The van der Waals surface area contributed by atoms with Crippen molar-refractivity contribution in [3.05, 3.63) is 71.9 Å². The standard InChI is InChI=1S/C28H31N5O2/c1-35-25-10-3-2-7-22(25)23-8-4-9-24-27(23)33-18-19(11-12-26(33)31-24)20-16-29-28(30-17-20)32-14-5-6-21(34)13-15-32/h2-3,7,10-12,16-18,21,23,34H,4-6,8-9,13-15H2,1H3. The highest BCUT2D eigenvalue weighted by atomic mass is 16.5. The Kier molecular flexibility index (Phi) is 5.86. The predicted octanol–water partition coefficient (Wildman–Crippen LogP) is 4.62. The smallest absolute Gasteiger partial charge is 0.225 e. The number of pyridine rings is 1. The van der Waals surface area contributed by atoms with E-state index in [4.69, 9.17) is 9.72 Å². The molecule has 1 aromatic carbocycles. The number of methoxy groups -OCH3 is 1. The average Bonchev–Trinajstić information content (AvgIpc) is 3.14. The van der Waals surface area contributed by atoms with E-state index in [1.165, 1.54) is 17.0 Å². The van der Waals surface area contributed by atoms with Gasteiger partial charge in [0.25, 0.3) is 0 Å². The number of aryl methyl sites for hydroxylation is 1. The number of nitrogens with zero attached hydrogens (tertiary/aromatic N) is 5. The van der Waals surface area contributed by atoms with Crippen molar-refractivity contribution in [2.24, 2.45) is 0 Å². The van der Waals surface area contributed by atoms with E-state index < -0.39 is 0 Å². The zero-order valence-electron chi connectivity index (χ0n) is 20.1. The van der Waals surface area contributed by atoms with Gasteiger partial charge in [0.1, 0.15) is 11.4 Å². The minimum absolute atomic E-state index is 0.216. The molecule has 2 atom stereocenters. The lowest BCUT2D eigenvalue weighted by Crippen LogP contribution is -2.26. The lowest BCUT2D eigenvalue weighted by Gasteiger charge is -2.24. The van der Waals surface area contributed by atoms with Gasteiger partial charge in [0.2, 0.25) is 5.95 Å². The molecule has 7 heteroatoms. The molecule has 0 bridgehead atoms. The highest BCUT2D eigenvalue weighted by Crippen LogP contribution is 2.41. The molecule has 1 N–H and O–H groups in total. The van der Waals surface area contributed by atoms with Crippen LogP contribution in [0.1, 0.15) is 55.0 Å². The van der Waals surface area contributed by atoms with E-state index in [9.17, 15) is 5.11 Å². The minimum atomic E-state index is -0.216. The molecular formula is C28H31N5O2. The van der Waals surface area contributed by atoms with Gasteiger partial charge >= 0.3 is 0 Å². The fraction of sp³-hybridized carbons (Fsp3) is 0.393. The summed E-state index contributed by atoms with van der Waals surface area (Å²) in [7, 11) is 1.74. The molecule has 1 aliphatic carbocycles. The van der Waals surface area contributed by atoms with Gasteiger partial charge < -0.3 is 19.1 Å². The van der Waals surface area contributed by atoms with Crippen LogP contribution in [0, 0.1) is 0 Å². The zero-order valence-corrected chi connectivity index (χ0v) is 20.1. The van der Waals surface area contributed by atoms with Crippen molar-refractivity contribution < 1.29 is 9.84 Å². The lowest BCUT2D eigenvalue weighted by atomic mass is 9.84. The Morgan fingerprint density at radius 1 is 0.943 bits per heavy atom. The van der Waals surface area contributed by atoms with Gasteiger partial charge in [-0.1, -0.05) is 18.2 Å². The van der Waals surface area contributed by atoms with E-state index >= 15 is 0 Å². The first-order valence-corrected chi connectivity index (χ1v) is 12.6. The SMILES string of the molecule is COc1ccccc1C1CCCc2nc3ccc(-c4cnc(N5CCCC(O)CC5)nc4)cn3c21. The summed E-state index contributed by atoms with van der Waals surface area (Å²) in [6.45, 7) is 1.67. The molecule has 6 rings (SSSR count). The van der Waals surface area contributed by atoms with E-state index in [1.54, 1.807) is 7.11 Å². The molecule has 0 saturated carbocycles. The third-order valence-corrected chi connectivity index (χ3v) is 7.43. The van der Waals surface area contributed by atoms with Crippen molar-refractivity contribution in [2.45, 2.75) is 50.5 Å². The van der Waals surface area contributed by atoms with E-state index in [0.29, 0.717) is 0 Å². The van der Waals surface area contributed by atoms with Crippen LogP contribution in [-0.2, 0) is 6.42 Å².